The predicted molar refractivity (Wildman–Crippen MR) is 135 cm³/mol. The number of fused-ring (bicyclic) bond motifs is 1. The fourth-order valence-electron chi connectivity index (χ4n) is 4.95. The summed E-state index contributed by atoms with van der Waals surface area (Å²) in [6.07, 6.45) is 1.83. The van der Waals surface area contributed by atoms with Gasteiger partial charge in [0, 0.05) is 56.1 Å². The minimum absolute atomic E-state index is 0.0616. The maximum absolute atomic E-state index is 15.1. The first-order valence-corrected chi connectivity index (χ1v) is 12.2. The van der Waals surface area contributed by atoms with Crippen molar-refractivity contribution in [3.63, 3.8) is 0 Å². The predicted octanol–water partition coefficient (Wildman–Crippen LogP) is 3.10. The summed E-state index contributed by atoms with van der Waals surface area (Å²) in [5.41, 5.74) is -0.536. The van der Waals surface area contributed by atoms with E-state index in [0.717, 1.165) is 17.8 Å². The van der Waals surface area contributed by atoms with Gasteiger partial charge in [0.05, 0.1) is 6.42 Å². The summed E-state index contributed by atoms with van der Waals surface area (Å²) in [5.74, 6) is 2.11. The summed E-state index contributed by atoms with van der Waals surface area (Å²) in [7, 11) is 1.81. The molecule has 3 aromatic rings. The van der Waals surface area contributed by atoms with Gasteiger partial charge in [0.15, 0.2) is 11.6 Å². The number of aromatic nitrogens is 2. The van der Waals surface area contributed by atoms with E-state index in [1.54, 1.807) is 40.0 Å². The standard InChI is InChI=1S/C28H25F2N5O3/c1-28-18-24(36)35(25-22(29)16-20(17-23(25)30)9-8-19-6-4-3-5-7-19)27(38)34(28)15-14-33(26(28)37)13-11-21-10-12-31-32(21)2/h3-7,10,12,16-17H,11,13-15,18H2,1-2H3/t28-/m0/s1. The molecular weight excluding hydrogens is 492 g/mol. The quantitative estimate of drug-likeness (QED) is 0.499. The van der Waals surface area contributed by atoms with Crippen molar-refractivity contribution in [2.75, 3.05) is 24.5 Å². The minimum Gasteiger partial charge on any atom is -0.338 e. The van der Waals surface area contributed by atoms with Crippen LogP contribution in [-0.2, 0) is 23.1 Å². The number of aryl methyl sites for hydroxylation is 1. The average Bonchev–Trinajstić information content (AvgIpc) is 3.30. The van der Waals surface area contributed by atoms with Crippen molar-refractivity contribution in [2.24, 2.45) is 7.05 Å². The van der Waals surface area contributed by atoms with E-state index in [4.69, 9.17) is 0 Å². The Labute approximate surface area is 218 Å². The van der Waals surface area contributed by atoms with Crippen LogP contribution in [0.25, 0.3) is 0 Å². The molecule has 2 saturated heterocycles. The number of nitrogens with zero attached hydrogens (tertiary/aromatic N) is 5. The van der Waals surface area contributed by atoms with Gasteiger partial charge < -0.3 is 9.80 Å². The largest absolute Gasteiger partial charge is 0.338 e. The highest BCUT2D eigenvalue weighted by Crippen LogP contribution is 2.37. The number of carbonyl (C=O) groups excluding carboxylic acids is 3. The molecule has 2 fully saturated rings. The zero-order valence-corrected chi connectivity index (χ0v) is 20.9. The fraction of sp³-hybridized carbons (Fsp3) is 0.286. The molecule has 0 unspecified atom stereocenters. The molecule has 1 aromatic heterocycles. The molecule has 38 heavy (non-hydrogen) atoms. The molecule has 2 aromatic carbocycles. The highest BCUT2D eigenvalue weighted by molar-refractivity contribution is 6.19. The van der Waals surface area contributed by atoms with E-state index >= 15 is 8.78 Å². The van der Waals surface area contributed by atoms with Gasteiger partial charge in [-0.05, 0) is 37.3 Å². The van der Waals surface area contributed by atoms with Crippen LogP contribution in [0.2, 0.25) is 0 Å². The van der Waals surface area contributed by atoms with Crippen LogP contribution in [0.1, 0.15) is 30.2 Å². The zero-order valence-electron chi connectivity index (χ0n) is 20.9. The number of hydrogen-bond donors (Lipinski definition) is 0. The van der Waals surface area contributed by atoms with Gasteiger partial charge >= 0.3 is 6.03 Å². The number of anilines is 1. The zero-order chi connectivity index (χ0) is 27.0. The lowest BCUT2D eigenvalue weighted by Gasteiger charge is -2.51. The smallest absolute Gasteiger partial charge is 0.332 e. The van der Waals surface area contributed by atoms with E-state index in [1.807, 2.05) is 19.2 Å². The van der Waals surface area contributed by atoms with Crippen molar-refractivity contribution in [1.82, 2.24) is 19.6 Å². The second-order valence-electron chi connectivity index (χ2n) is 9.51. The molecule has 0 saturated carbocycles. The van der Waals surface area contributed by atoms with Gasteiger partial charge in [-0.2, -0.15) is 5.10 Å². The molecule has 2 aliphatic heterocycles. The number of imide groups is 1. The lowest BCUT2D eigenvalue weighted by molar-refractivity contribution is -0.151. The van der Waals surface area contributed by atoms with Crippen LogP contribution in [0.4, 0.5) is 19.3 Å². The average molecular weight is 518 g/mol. The van der Waals surface area contributed by atoms with Crippen LogP contribution in [0.5, 0.6) is 0 Å². The van der Waals surface area contributed by atoms with Crippen molar-refractivity contribution in [2.45, 2.75) is 25.3 Å². The first-order chi connectivity index (χ1) is 18.2. The lowest BCUT2D eigenvalue weighted by Crippen LogP contribution is -2.72. The minimum atomic E-state index is -1.44. The van der Waals surface area contributed by atoms with Crippen LogP contribution in [-0.4, -0.2) is 62.6 Å². The molecule has 8 nitrogen and oxygen atoms in total. The van der Waals surface area contributed by atoms with Gasteiger partial charge in [-0.3, -0.25) is 14.3 Å². The maximum Gasteiger partial charge on any atom is 0.332 e. The number of hydrogen-bond acceptors (Lipinski definition) is 4. The molecule has 0 spiro atoms. The van der Waals surface area contributed by atoms with E-state index in [0.29, 0.717) is 23.4 Å². The van der Waals surface area contributed by atoms with E-state index in [9.17, 15) is 14.4 Å². The van der Waals surface area contributed by atoms with Gasteiger partial charge in [0.1, 0.15) is 11.2 Å². The van der Waals surface area contributed by atoms with Crippen molar-refractivity contribution in [1.29, 1.82) is 0 Å². The molecule has 0 bridgehead atoms. The lowest BCUT2D eigenvalue weighted by atomic mass is 9.88. The molecule has 5 rings (SSSR count). The molecule has 1 atom stereocenters. The number of rotatable bonds is 4. The van der Waals surface area contributed by atoms with Crippen molar-refractivity contribution in [3.05, 3.63) is 83.2 Å². The Hall–Kier alpha value is -4.52. The SMILES string of the molecule is Cn1nccc1CCN1CCN2C(=O)N(c3c(F)cc(C#Cc4ccccc4)cc3F)C(=O)C[C@@]2(C)C1=O. The summed E-state index contributed by atoms with van der Waals surface area (Å²) in [6.45, 7) is 2.27. The number of halogens is 2. The van der Waals surface area contributed by atoms with Gasteiger partial charge in [-0.1, -0.05) is 30.0 Å². The molecule has 0 radical (unpaired) electrons. The van der Waals surface area contributed by atoms with Gasteiger partial charge in [-0.15, -0.1) is 0 Å². The second-order valence-corrected chi connectivity index (χ2v) is 9.51. The van der Waals surface area contributed by atoms with Crippen molar-refractivity contribution < 1.29 is 23.2 Å². The Morgan fingerprint density at radius 3 is 2.32 bits per heavy atom. The second kappa shape index (κ2) is 9.74. The highest BCUT2D eigenvalue weighted by atomic mass is 19.1. The first kappa shape index (κ1) is 25.1. The van der Waals surface area contributed by atoms with Crippen LogP contribution in [0.15, 0.2) is 54.7 Å². The molecule has 3 heterocycles. The number of benzene rings is 2. The molecule has 194 valence electrons. The third kappa shape index (κ3) is 4.41. The number of piperazine rings is 1. The molecule has 4 amide bonds. The van der Waals surface area contributed by atoms with Gasteiger partial charge in [0.25, 0.3) is 0 Å². The Kier molecular flexibility index (Phi) is 6.45. The molecule has 10 heteroatoms. The Morgan fingerprint density at radius 2 is 1.66 bits per heavy atom. The molecular formula is C28H25F2N5O3. The van der Waals surface area contributed by atoms with Gasteiger partial charge in [0.2, 0.25) is 11.8 Å². The van der Waals surface area contributed by atoms with Crippen LogP contribution >= 0.6 is 0 Å². The molecule has 0 N–H and O–H groups in total. The maximum atomic E-state index is 15.1. The molecule has 0 aliphatic carbocycles. The topological polar surface area (TPSA) is 78.8 Å². The summed E-state index contributed by atoms with van der Waals surface area (Å²) >= 11 is 0. The third-order valence-electron chi connectivity index (χ3n) is 7.03. The number of urea groups is 1. The fourth-order valence-corrected chi connectivity index (χ4v) is 4.95. The number of carbonyl (C=O) groups is 3. The monoisotopic (exact) mass is 517 g/mol. The van der Waals surface area contributed by atoms with E-state index in [1.165, 1.54) is 11.8 Å². The van der Waals surface area contributed by atoms with E-state index in [-0.39, 0.29) is 24.6 Å². The third-order valence-corrected chi connectivity index (χ3v) is 7.03. The van der Waals surface area contributed by atoms with Gasteiger partial charge in [-0.25, -0.2) is 18.5 Å². The van der Waals surface area contributed by atoms with Crippen molar-refractivity contribution in [3.8, 4) is 11.8 Å². The summed E-state index contributed by atoms with van der Waals surface area (Å²) in [5, 5.41) is 4.12. The Balaban J connectivity index is 1.37. The Morgan fingerprint density at radius 1 is 0.974 bits per heavy atom. The highest BCUT2D eigenvalue weighted by Gasteiger charge is 2.55. The first-order valence-electron chi connectivity index (χ1n) is 12.2. The summed E-state index contributed by atoms with van der Waals surface area (Å²) in [4.78, 5) is 43.3. The van der Waals surface area contributed by atoms with E-state index in [2.05, 4.69) is 16.9 Å². The summed E-state index contributed by atoms with van der Waals surface area (Å²) in [6, 6.07) is 11.8. The van der Waals surface area contributed by atoms with Crippen molar-refractivity contribution >= 4 is 23.5 Å². The number of amides is 4. The van der Waals surface area contributed by atoms with Crippen LogP contribution in [0.3, 0.4) is 0 Å². The van der Waals surface area contributed by atoms with Crippen LogP contribution in [0, 0.1) is 23.5 Å². The van der Waals surface area contributed by atoms with Crippen LogP contribution < -0.4 is 4.90 Å². The summed E-state index contributed by atoms with van der Waals surface area (Å²) < 4.78 is 32.0. The Bertz CT molecular complexity index is 1470. The normalized spacial score (nSPS) is 19.4. The molecule has 2 aliphatic rings. The van der Waals surface area contributed by atoms with E-state index < -0.39 is 41.2 Å².